The minimum atomic E-state index is 0.160. The van der Waals surface area contributed by atoms with Crippen LogP contribution in [0.5, 0.6) is 11.5 Å². The van der Waals surface area contributed by atoms with Crippen LogP contribution < -0.4 is 14.8 Å². The second-order valence-corrected chi connectivity index (χ2v) is 6.31. The molecule has 4 nitrogen and oxygen atoms in total. The van der Waals surface area contributed by atoms with Crippen molar-refractivity contribution < 1.29 is 14.6 Å². The number of aliphatic hydroxyl groups excluding tert-OH is 1. The summed E-state index contributed by atoms with van der Waals surface area (Å²) in [5.41, 5.74) is 3.61. The van der Waals surface area contributed by atoms with Crippen molar-refractivity contribution in [1.29, 1.82) is 0 Å². The monoisotopic (exact) mass is 359 g/mol. The van der Waals surface area contributed by atoms with E-state index in [1.165, 1.54) is 11.1 Å². The zero-order chi connectivity index (χ0) is 19.4. The number of ether oxygens (including phenoxy) is 2. The van der Waals surface area contributed by atoms with Gasteiger partial charge in [0.05, 0.1) is 13.7 Å². The first-order valence-corrected chi connectivity index (χ1v) is 9.16. The van der Waals surface area contributed by atoms with E-state index < -0.39 is 0 Å². The average Bonchev–Trinajstić information content (AvgIpc) is 3.04. The molecule has 144 valence electrons. The van der Waals surface area contributed by atoms with Crippen molar-refractivity contribution in [3.05, 3.63) is 59.7 Å². The van der Waals surface area contributed by atoms with E-state index in [-0.39, 0.29) is 12.7 Å². The minimum absolute atomic E-state index is 0.160. The predicted molar refractivity (Wildman–Crippen MR) is 109 cm³/mol. The van der Waals surface area contributed by atoms with Crippen molar-refractivity contribution in [2.24, 2.45) is 0 Å². The van der Waals surface area contributed by atoms with Gasteiger partial charge in [0.15, 0.2) is 0 Å². The molecule has 1 aliphatic heterocycles. The molecular weight excluding hydrogens is 326 g/mol. The van der Waals surface area contributed by atoms with Gasteiger partial charge in [-0.2, -0.15) is 0 Å². The zero-order valence-corrected chi connectivity index (χ0v) is 16.5. The molecule has 2 rings (SSSR count). The first-order valence-electron chi connectivity index (χ1n) is 9.16. The van der Waals surface area contributed by atoms with Crippen LogP contribution in [-0.2, 0) is 6.42 Å². The molecule has 1 atom stereocenters. The van der Waals surface area contributed by atoms with Gasteiger partial charge in [-0.05, 0) is 37.5 Å². The Bertz CT molecular complexity index is 620. The lowest BCUT2D eigenvalue weighted by Crippen LogP contribution is -2.31. The van der Waals surface area contributed by atoms with Crippen LogP contribution in [-0.4, -0.2) is 38.0 Å². The maximum absolute atomic E-state index is 8.66. The third-order valence-corrected chi connectivity index (χ3v) is 4.07. The van der Waals surface area contributed by atoms with Crippen molar-refractivity contribution in [2.45, 2.75) is 39.7 Å². The Kier molecular flexibility index (Phi) is 10.4. The molecule has 0 bridgehead atoms. The van der Waals surface area contributed by atoms with E-state index >= 15 is 0 Å². The summed E-state index contributed by atoms with van der Waals surface area (Å²) in [6, 6.07) is 5.91. The van der Waals surface area contributed by atoms with E-state index in [0.29, 0.717) is 6.54 Å². The van der Waals surface area contributed by atoms with Gasteiger partial charge in [-0.15, -0.1) is 0 Å². The van der Waals surface area contributed by atoms with Gasteiger partial charge in [0.1, 0.15) is 17.6 Å². The molecule has 2 N–H and O–H groups in total. The van der Waals surface area contributed by atoms with E-state index in [0.717, 1.165) is 36.5 Å². The molecule has 1 aliphatic rings. The van der Waals surface area contributed by atoms with E-state index in [9.17, 15) is 0 Å². The second kappa shape index (κ2) is 12.3. The maximum atomic E-state index is 8.66. The van der Waals surface area contributed by atoms with Crippen molar-refractivity contribution in [3.8, 4) is 11.5 Å². The van der Waals surface area contributed by atoms with Gasteiger partial charge in [0.2, 0.25) is 0 Å². The lowest BCUT2D eigenvalue weighted by Gasteiger charge is -2.10. The van der Waals surface area contributed by atoms with Crippen LogP contribution in [0.25, 0.3) is 0 Å². The first kappa shape index (κ1) is 22.0. The van der Waals surface area contributed by atoms with Crippen molar-refractivity contribution in [2.75, 3.05) is 26.8 Å². The number of hydrogen-bond acceptors (Lipinski definition) is 4. The fourth-order valence-corrected chi connectivity index (χ4v) is 2.35. The van der Waals surface area contributed by atoms with Crippen LogP contribution >= 0.6 is 0 Å². The third kappa shape index (κ3) is 7.89. The summed E-state index contributed by atoms with van der Waals surface area (Å²) in [4.78, 5) is 0. The van der Waals surface area contributed by atoms with Gasteiger partial charge in [-0.3, -0.25) is 0 Å². The second-order valence-electron chi connectivity index (χ2n) is 6.31. The highest BCUT2D eigenvalue weighted by atomic mass is 16.5. The molecule has 0 aliphatic carbocycles. The first-order chi connectivity index (χ1) is 12.5. The van der Waals surface area contributed by atoms with Gasteiger partial charge in [-0.25, -0.2) is 0 Å². The van der Waals surface area contributed by atoms with Gasteiger partial charge >= 0.3 is 0 Å². The Morgan fingerprint density at radius 3 is 2.81 bits per heavy atom. The Hall–Kier alpha value is -2.04. The lowest BCUT2D eigenvalue weighted by atomic mass is 10.1. The fraction of sp³-hybridized carbons (Fsp3) is 0.455. The van der Waals surface area contributed by atoms with E-state index in [1.807, 2.05) is 25.1 Å². The highest BCUT2D eigenvalue weighted by molar-refractivity contribution is 5.43. The lowest BCUT2D eigenvalue weighted by molar-refractivity contribution is 0.218. The molecule has 26 heavy (non-hydrogen) atoms. The SMILES string of the molecule is C=C(C)/C(C)=C\C=C/CC.COc1ccc2c(c1)OC(CNCCO)C2. The van der Waals surface area contributed by atoms with Gasteiger partial charge in [0, 0.05) is 25.6 Å². The Balaban J connectivity index is 0.000000294. The molecule has 0 radical (unpaired) electrons. The molecule has 0 saturated carbocycles. The van der Waals surface area contributed by atoms with Crippen molar-refractivity contribution >= 4 is 0 Å². The van der Waals surface area contributed by atoms with E-state index in [4.69, 9.17) is 14.6 Å². The Morgan fingerprint density at radius 2 is 2.19 bits per heavy atom. The van der Waals surface area contributed by atoms with Gasteiger partial charge in [0.25, 0.3) is 0 Å². The Morgan fingerprint density at radius 1 is 1.42 bits per heavy atom. The number of methoxy groups -OCH3 is 1. The van der Waals surface area contributed by atoms with Crippen LogP contribution in [0.4, 0.5) is 0 Å². The summed E-state index contributed by atoms with van der Waals surface area (Å²) in [5.74, 6) is 1.73. The molecule has 4 heteroatoms. The summed E-state index contributed by atoms with van der Waals surface area (Å²) in [5, 5.41) is 11.8. The molecule has 1 aromatic rings. The third-order valence-electron chi connectivity index (χ3n) is 4.07. The maximum Gasteiger partial charge on any atom is 0.126 e. The van der Waals surface area contributed by atoms with Crippen LogP contribution in [0.2, 0.25) is 0 Å². The van der Waals surface area contributed by atoms with Gasteiger partial charge < -0.3 is 19.9 Å². The molecule has 0 saturated heterocycles. The quantitative estimate of drug-likeness (QED) is 0.543. The summed E-state index contributed by atoms with van der Waals surface area (Å²) < 4.78 is 10.9. The van der Waals surface area contributed by atoms with E-state index in [1.54, 1.807) is 7.11 Å². The smallest absolute Gasteiger partial charge is 0.126 e. The number of nitrogens with one attached hydrogen (secondary N) is 1. The van der Waals surface area contributed by atoms with Crippen molar-refractivity contribution in [3.63, 3.8) is 0 Å². The number of rotatable bonds is 8. The fourth-order valence-electron chi connectivity index (χ4n) is 2.35. The number of allylic oxidation sites excluding steroid dienone is 5. The molecule has 0 amide bonds. The van der Waals surface area contributed by atoms with Crippen LogP contribution in [0, 0.1) is 0 Å². The normalized spacial score (nSPS) is 15.9. The van der Waals surface area contributed by atoms with Crippen LogP contribution in [0.15, 0.2) is 54.2 Å². The minimum Gasteiger partial charge on any atom is -0.497 e. The predicted octanol–water partition coefficient (Wildman–Crippen LogP) is 4.06. The van der Waals surface area contributed by atoms with Gasteiger partial charge in [-0.1, -0.05) is 43.4 Å². The van der Waals surface area contributed by atoms with Crippen LogP contribution in [0.1, 0.15) is 32.8 Å². The average molecular weight is 360 g/mol. The standard InChI is InChI=1S/C12H17NO3.C10H16/c1-15-10-3-2-9-6-11(8-13-4-5-14)16-12(9)7-10;1-5-6-7-8-10(4)9(2)3/h2-3,7,11,13-14H,4-6,8H2,1H3;6-8H,2,5H2,1,3-4H3/b;7-6-,10-8-. The highest BCUT2D eigenvalue weighted by Crippen LogP contribution is 2.32. The summed E-state index contributed by atoms with van der Waals surface area (Å²) in [7, 11) is 1.65. The zero-order valence-electron chi connectivity index (χ0n) is 16.5. The Labute approximate surface area is 158 Å². The molecule has 1 aromatic carbocycles. The highest BCUT2D eigenvalue weighted by Gasteiger charge is 2.22. The molecular formula is C22H33NO3. The number of hydrogen-bond donors (Lipinski definition) is 2. The molecule has 1 heterocycles. The number of fused-ring (bicyclic) bond motifs is 1. The molecule has 0 spiro atoms. The number of aliphatic hydroxyl groups is 1. The number of benzene rings is 1. The van der Waals surface area contributed by atoms with Crippen molar-refractivity contribution in [1.82, 2.24) is 5.32 Å². The summed E-state index contributed by atoms with van der Waals surface area (Å²) in [6.45, 7) is 11.6. The topological polar surface area (TPSA) is 50.7 Å². The largest absolute Gasteiger partial charge is 0.497 e. The van der Waals surface area contributed by atoms with Crippen LogP contribution in [0.3, 0.4) is 0 Å². The van der Waals surface area contributed by atoms with E-state index in [2.05, 4.69) is 44.0 Å². The summed E-state index contributed by atoms with van der Waals surface area (Å²) in [6.07, 6.45) is 8.47. The summed E-state index contributed by atoms with van der Waals surface area (Å²) >= 11 is 0. The molecule has 1 unspecified atom stereocenters. The molecule has 0 aromatic heterocycles. The molecule has 0 fully saturated rings.